The van der Waals surface area contributed by atoms with E-state index in [1.807, 2.05) is 7.05 Å². The van der Waals surface area contributed by atoms with Crippen LogP contribution in [0, 0.1) is 0 Å². The predicted molar refractivity (Wildman–Crippen MR) is 59.2 cm³/mol. The number of carbonyl (C=O) groups is 2. The molecular weight excluding hydrogens is 212 g/mol. The van der Waals surface area contributed by atoms with Gasteiger partial charge in [0.2, 0.25) is 5.91 Å². The molecule has 0 fully saturated rings. The molecule has 0 aromatic carbocycles. The monoisotopic (exact) mass is 232 g/mol. The van der Waals surface area contributed by atoms with E-state index in [2.05, 4.69) is 28.8 Å². The highest BCUT2D eigenvalue weighted by atomic mass is 16.5. The van der Waals surface area contributed by atoms with Crippen molar-refractivity contribution in [3.05, 3.63) is 0 Å². The average molecular weight is 232 g/mol. The van der Waals surface area contributed by atoms with Gasteiger partial charge in [-0.05, 0) is 20.9 Å². The van der Waals surface area contributed by atoms with Gasteiger partial charge in [0.15, 0.2) is 0 Å². The highest BCUT2D eigenvalue weighted by molar-refractivity contribution is 5.77. The Kier molecular flexibility index (Phi) is 7.49. The van der Waals surface area contributed by atoms with Crippen LogP contribution in [0.1, 0.15) is 13.8 Å². The van der Waals surface area contributed by atoms with Crippen LogP contribution in [0.25, 0.3) is 0 Å². The van der Waals surface area contributed by atoms with Crippen molar-refractivity contribution < 1.29 is 19.4 Å². The Morgan fingerprint density at radius 2 is 2.00 bits per heavy atom. The summed E-state index contributed by atoms with van der Waals surface area (Å²) in [5.41, 5.74) is 0. The molecule has 0 spiro atoms. The van der Waals surface area contributed by atoms with Crippen LogP contribution < -0.4 is 5.32 Å². The number of nitrogens with one attached hydrogen (secondary N) is 1. The molecule has 0 aromatic heterocycles. The molecule has 6 heteroatoms. The Morgan fingerprint density at radius 3 is 2.50 bits per heavy atom. The molecule has 1 amide bonds. The number of carboxylic acid groups (broad SMARTS) is 1. The first-order valence-corrected chi connectivity index (χ1v) is 5.20. The van der Waals surface area contributed by atoms with E-state index in [9.17, 15) is 9.59 Å². The molecule has 0 bridgehead atoms. The van der Waals surface area contributed by atoms with Crippen LogP contribution in [0.3, 0.4) is 0 Å². The van der Waals surface area contributed by atoms with Gasteiger partial charge in [-0.25, -0.2) is 4.79 Å². The van der Waals surface area contributed by atoms with E-state index in [0.717, 1.165) is 6.54 Å². The molecule has 0 unspecified atom stereocenters. The summed E-state index contributed by atoms with van der Waals surface area (Å²) in [7, 11) is 1.97. The summed E-state index contributed by atoms with van der Waals surface area (Å²) in [5, 5.41) is 10.9. The highest BCUT2D eigenvalue weighted by Crippen LogP contribution is 1.90. The number of carbonyl (C=O) groups excluding carboxylic acids is 1. The van der Waals surface area contributed by atoms with Gasteiger partial charge in [-0.3, -0.25) is 4.79 Å². The molecule has 6 nitrogen and oxygen atoms in total. The van der Waals surface area contributed by atoms with Crippen molar-refractivity contribution in [2.24, 2.45) is 0 Å². The molecule has 94 valence electrons. The van der Waals surface area contributed by atoms with Crippen molar-refractivity contribution in [1.82, 2.24) is 10.2 Å². The third-order valence-corrected chi connectivity index (χ3v) is 2.13. The van der Waals surface area contributed by atoms with Crippen LogP contribution in [-0.4, -0.2) is 61.3 Å². The van der Waals surface area contributed by atoms with E-state index in [0.29, 0.717) is 12.6 Å². The van der Waals surface area contributed by atoms with Crippen LogP contribution in [0.15, 0.2) is 0 Å². The Labute approximate surface area is 95.6 Å². The van der Waals surface area contributed by atoms with E-state index >= 15 is 0 Å². The Balaban J connectivity index is 3.47. The molecule has 0 aromatic rings. The van der Waals surface area contributed by atoms with Crippen molar-refractivity contribution in [3.8, 4) is 0 Å². The number of aliphatic carboxylic acids is 1. The summed E-state index contributed by atoms with van der Waals surface area (Å²) in [6.07, 6.45) is 0. The summed E-state index contributed by atoms with van der Waals surface area (Å²) >= 11 is 0. The fraction of sp³-hybridized carbons (Fsp3) is 0.800. The number of amides is 1. The van der Waals surface area contributed by atoms with Crippen molar-refractivity contribution in [2.75, 3.05) is 33.4 Å². The molecule has 2 N–H and O–H groups in total. The lowest BCUT2D eigenvalue weighted by atomic mass is 10.3. The topological polar surface area (TPSA) is 78.9 Å². The number of carboxylic acids is 1. The molecule has 0 saturated carbocycles. The van der Waals surface area contributed by atoms with Crippen LogP contribution in [0.4, 0.5) is 0 Å². The zero-order valence-corrected chi connectivity index (χ0v) is 10.0. The fourth-order valence-electron chi connectivity index (χ4n) is 0.912. The lowest BCUT2D eigenvalue weighted by Crippen LogP contribution is -2.37. The largest absolute Gasteiger partial charge is 0.480 e. The van der Waals surface area contributed by atoms with Gasteiger partial charge >= 0.3 is 5.97 Å². The van der Waals surface area contributed by atoms with E-state index < -0.39 is 12.6 Å². The maximum atomic E-state index is 11.1. The Morgan fingerprint density at radius 1 is 1.38 bits per heavy atom. The van der Waals surface area contributed by atoms with Crippen LogP contribution in [0.2, 0.25) is 0 Å². The second-order valence-corrected chi connectivity index (χ2v) is 3.81. The lowest BCUT2D eigenvalue weighted by Gasteiger charge is -2.20. The van der Waals surface area contributed by atoms with Crippen molar-refractivity contribution in [1.29, 1.82) is 0 Å². The van der Waals surface area contributed by atoms with Crippen molar-refractivity contribution >= 4 is 11.9 Å². The number of nitrogens with zero attached hydrogens (tertiary/aromatic N) is 1. The third-order valence-electron chi connectivity index (χ3n) is 2.13. The third kappa shape index (κ3) is 8.19. The Hall–Kier alpha value is -1.14. The smallest absolute Gasteiger partial charge is 0.329 e. The molecule has 0 rings (SSSR count). The van der Waals surface area contributed by atoms with Gasteiger partial charge in [-0.1, -0.05) is 0 Å². The van der Waals surface area contributed by atoms with Gasteiger partial charge in [-0.2, -0.15) is 0 Å². The lowest BCUT2D eigenvalue weighted by molar-refractivity contribution is -0.143. The van der Waals surface area contributed by atoms with Gasteiger partial charge in [0.25, 0.3) is 0 Å². The summed E-state index contributed by atoms with van der Waals surface area (Å²) in [5.74, 6) is -1.37. The highest BCUT2D eigenvalue weighted by Gasteiger charge is 2.05. The van der Waals surface area contributed by atoms with Crippen LogP contribution >= 0.6 is 0 Å². The van der Waals surface area contributed by atoms with Gasteiger partial charge in [0.1, 0.15) is 13.2 Å². The first-order chi connectivity index (χ1) is 7.43. The summed E-state index contributed by atoms with van der Waals surface area (Å²) in [4.78, 5) is 23.3. The molecular formula is C10H20N2O4. The number of rotatable bonds is 8. The molecule has 0 aliphatic heterocycles. The second kappa shape index (κ2) is 8.06. The zero-order chi connectivity index (χ0) is 12.6. The molecule has 0 radical (unpaired) electrons. The normalized spacial score (nSPS) is 10.8. The maximum Gasteiger partial charge on any atom is 0.329 e. The van der Waals surface area contributed by atoms with Crippen LogP contribution in [-0.2, 0) is 14.3 Å². The van der Waals surface area contributed by atoms with Gasteiger partial charge < -0.3 is 20.1 Å². The average Bonchev–Trinajstić information content (AvgIpc) is 2.16. The summed E-state index contributed by atoms with van der Waals surface area (Å²) in [6.45, 7) is 4.76. The van der Waals surface area contributed by atoms with Crippen LogP contribution in [0.5, 0.6) is 0 Å². The summed E-state index contributed by atoms with van der Waals surface area (Å²) in [6, 6.07) is 0.431. The molecule has 0 atom stereocenters. The van der Waals surface area contributed by atoms with E-state index in [1.54, 1.807) is 0 Å². The minimum Gasteiger partial charge on any atom is -0.480 e. The maximum absolute atomic E-state index is 11.1. The van der Waals surface area contributed by atoms with Crippen molar-refractivity contribution in [2.45, 2.75) is 19.9 Å². The minimum atomic E-state index is -1.08. The molecule has 0 heterocycles. The number of likely N-dealkylation sites (N-methyl/N-ethyl adjacent to an activating group) is 1. The number of hydrogen-bond acceptors (Lipinski definition) is 4. The molecule has 0 aliphatic rings. The number of ether oxygens (including phenoxy) is 1. The molecule has 0 saturated heterocycles. The number of hydrogen-bond donors (Lipinski definition) is 2. The Bertz CT molecular complexity index is 231. The minimum absolute atomic E-state index is 0.211. The van der Waals surface area contributed by atoms with Gasteiger partial charge in [0.05, 0.1) is 0 Å². The SMILES string of the molecule is CC(C)N(C)CCNC(=O)COCC(=O)O. The van der Waals surface area contributed by atoms with Crippen molar-refractivity contribution in [3.63, 3.8) is 0 Å². The second-order valence-electron chi connectivity index (χ2n) is 3.81. The zero-order valence-electron chi connectivity index (χ0n) is 10.0. The first kappa shape index (κ1) is 14.9. The van der Waals surface area contributed by atoms with E-state index in [-0.39, 0.29) is 12.5 Å². The molecule has 16 heavy (non-hydrogen) atoms. The molecule has 0 aliphatic carbocycles. The quantitative estimate of drug-likeness (QED) is 0.592. The van der Waals surface area contributed by atoms with Gasteiger partial charge in [0, 0.05) is 19.1 Å². The summed E-state index contributed by atoms with van der Waals surface area (Å²) < 4.78 is 4.64. The standard InChI is InChI=1S/C10H20N2O4/c1-8(2)12(3)5-4-11-9(13)6-16-7-10(14)15/h8H,4-7H2,1-3H3,(H,11,13)(H,14,15). The van der Waals surface area contributed by atoms with E-state index in [1.165, 1.54) is 0 Å². The van der Waals surface area contributed by atoms with Gasteiger partial charge in [-0.15, -0.1) is 0 Å². The predicted octanol–water partition coefficient (Wildman–Crippen LogP) is -0.456. The first-order valence-electron chi connectivity index (χ1n) is 5.20. The van der Waals surface area contributed by atoms with E-state index in [4.69, 9.17) is 5.11 Å². The fourth-order valence-corrected chi connectivity index (χ4v) is 0.912.